The van der Waals surface area contributed by atoms with E-state index >= 15 is 0 Å². The third kappa shape index (κ3) is 3.70. The quantitative estimate of drug-likeness (QED) is 0.894. The third-order valence-corrected chi connectivity index (χ3v) is 5.11. The van der Waals surface area contributed by atoms with E-state index in [1.54, 1.807) is 0 Å². The van der Waals surface area contributed by atoms with Gasteiger partial charge in [0, 0.05) is 29.3 Å². The first-order chi connectivity index (χ1) is 11.0. The van der Waals surface area contributed by atoms with E-state index in [-0.39, 0.29) is 18.0 Å². The SMILES string of the molecule is CC(C)NC(=O)Nc1nc2c(s1)CN(C(=O)c1ccsc1)CC2. The van der Waals surface area contributed by atoms with E-state index < -0.39 is 0 Å². The summed E-state index contributed by atoms with van der Waals surface area (Å²) in [5.41, 5.74) is 1.71. The summed E-state index contributed by atoms with van der Waals surface area (Å²) >= 11 is 2.96. The molecule has 2 N–H and O–H groups in total. The van der Waals surface area contributed by atoms with Crippen LogP contribution in [0.5, 0.6) is 0 Å². The Labute approximate surface area is 142 Å². The molecule has 0 fully saturated rings. The van der Waals surface area contributed by atoms with Crippen molar-refractivity contribution >= 4 is 39.7 Å². The van der Waals surface area contributed by atoms with Crippen LogP contribution in [0.4, 0.5) is 9.93 Å². The van der Waals surface area contributed by atoms with Gasteiger partial charge >= 0.3 is 6.03 Å². The number of rotatable bonds is 3. The van der Waals surface area contributed by atoms with Gasteiger partial charge in [-0.25, -0.2) is 9.78 Å². The lowest BCUT2D eigenvalue weighted by molar-refractivity contribution is 0.0737. The molecule has 0 saturated heterocycles. The van der Waals surface area contributed by atoms with Crippen LogP contribution >= 0.6 is 22.7 Å². The number of carbonyl (C=O) groups excluding carboxylic acids is 2. The summed E-state index contributed by atoms with van der Waals surface area (Å²) in [7, 11) is 0. The van der Waals surface area contributed by atoms with Gasteiger partial charge in [0.1, 0.15) is 0 Å². The predicted molar refractivity (Wildman–Crippen MR) is 92.2 cm³/mol. The zero-order valence-corrected chi connectivity index (χ0v) is 14.6. The van der Waals surface area contributed by atoms with Crippen molar-refractivity contribution < 1.29 is 9.59 Å². The summed E-state index contributed by atoms with van der Waals surface area (Å²) in [4.78, 5) is 31.5. The van der Waals surface area contributed by atoms with Gasteiger partial charge in [-0.2, -0.15) is 11.3 Å². The van der Waals surface area contributed by atoms with E-state index in [2.05, 4.69) is 15.6 Å². The molecule has 23 heavy (non-hydrogen) atoms. The Hall–Kier alpha value is -1.93. The smallest absolute Gasteiger partial charge is 0.321 e. The van der Waals surface area contributed by atoms with Gasteiger partial charge in [0.05, 0.1) is 17.8 Å². The number of nitrogens with one attached hydrogen (secondary N) is 2. The molecular weight excluding hydrogens is 332 g/mol. The Kier molecular flexibility index (Phi) is 4.63. The number of carbonyl (C=O) groups is 2. The van der Waals surface area contributed by atoms with E-state index in [4.69, 9.17) is 0 Å². The zero-order valence-electron chi connectivity index (χ0n) is 13.0. The maximum Gasteiger partial charge on any atom is 0.321 e. The monoisotopic (exact) mass is 350 g/mol. The molecule has 0 unspecified atom stereocenters. The lowest BCUT2D eigenvalue weighted by Crippen LogP contribution is -2.35. The molecular formula is C15H18N4O2S2. The first kappa shape index (κ1) is 15.9. The van der Waals surface area contributed by atoms with Crippen molar-refractivity contribution in [3.63, 3.8) is 0 Å². The molecule has 2 aromatic rings. The van der Waals surface area contributed by atoms with Gasteiger partial charge in [0.25, 0.3) is 5.91 Å². The molecule has 0 spiro atoms. The Morgan fingerprint density at radius 2 is 2.22 bits per heavy atom. The molecule has 0 saturated carbocycles. The highest BCUT2D eigenvalue weighted by Crippen LogP contribution is 2.29. The number of nitrogens with zero attached hydrogens (tertiary/aromatic N) is 2. The van der Waals surface area contributed by atoms with Crippen molar-refractivity contribution in [1.29, 1.82) is 0 Å². The number of fused-ring (bicyclic) bond motifs is 1. The maximum absolute atomic E-state index is 12.4. The zero-order chi connectivity index (χ0) is 16.4. The van der Waals surface area contributed by atoms with Gasteiger partial charge in [-0.05, 0) is 25.3 Å². The van der Waals surface area contributed by atoms with Crippen LogP contribution in [-0.4, -0.2) is 34.4 Å². The van der Waals surface area contributed by atoms with E-state index in [9.17, 15) is 9.59 Å². The molecule has 0 radical (unpaired) electrons. The van der Waals surface area contributed by atoms with Gasteiger partial charge in [0.15, 0.2) is 5.13 Å². The lowest BCUT2D eigenvalue weighted by atomic mass is 10.1. The van der Waals surface area contributed by atoms with Crippen molar-refractivity contribution in [2.75, 3.05) is 11.9 Å². The Morgan fingerprint density at radius 1 is 1.39 bits per heavy atom. The number of amides is 3. The molecule has 122 valence electrons. The van der Waals surface area contributed by atoms with Gasteiger partial charge < -0.3 is 10.2 Å². The number of hydrogen-bond donors (Lipinski definition) is 2. The van der Waals surface area contributed by atoms with Crippen molar-refractivity contribution in [3.05, 3.63) is 33.0 Å². The Morgan fingerprint density at radius 3 is 2.91 bits per heavy atom. The van der Waals surface area contributed by atoms with Crippen molar-refractivity contribution in [3.8, 4) is 0 Å². The molecule has 3 rings (SSSR count). The van der Waals surface area contributed by atoms with Crippen LogP contribution in [0.3, 0.4) is 0 Å². The lowest BCUT2D eigenvalue weighted by Gasteiger charge is -2.25. The molecule has 1 aliphatic heterocycles. The molecule has 6 nitrogen and oxygen atoms in total. The fourth-order valence-electron chi connectivity index (χ4n) is 2.39. The normalized spacial score (nSPS) is 13.8. The molecule has 1 aliphatic rings. The van der Waals surface area contributed by atoms with Crippen LogP contribution < -0.4 is 10.6 Å². The van der Waals surface area contributed by atoms with E-state index in [1.165, 1.54) is 22.7 Å². The van der Waals surface area contributed by atoms with E-state index in [0.717, 1.165) is 22.6 Å². The second-order valence-electron chi connectivity index (χ2n) is 5.63. The average Bonchev–Trinajstić information content (AvgIpc) is 3.13. The first-order valence-electron chi connectivity index (χ1n) is 7.40. The number of thiophene rings is 1. The number of hydrogen-bond acceptors (Lipinski definition) is 5. The summed E-state index contributed by atoms with van der Waals surface area (Å²) < 4.78 is 0. The fraction of sp³-hybridized carbons (Fsp3) is 0.400. The van der Waals surface area contributed by atoms with Crippen LogP contribution in [0, 0.1) is 0 Å². The van der Waals surface area contributed by atoms with Crippen LogP contribution in [0.25, 0.3) is 0 Å². The van der Waals surface area contributed by atoms with Crippen LogP contribution in [0.1, 0.15) is 34.8 Å². The van der Waals surface area contributed by atoms with E-state index in [0.29, 0.717) is 18.2 Å². The largest absolute Gasteiger partial charge is 0.336 e. The Bertz CT molecular complexity index is 709. The summed E-state index contributed by atoms with van der Waals surface area (Å²) in [5.74, 6) is 0.0531. The second kappa shape index (κ2) is 6.67. The summed E-state index contributed by atoms with van der Waals surface area (Å²) in [5, 5.41) is 9.89. The summed E-state index contributed by atoms with van der Waals surface area (Å²) in [6.45, 7) is 5.01. The first-order valence-corrected chi connectivity index (χ1v) is 9.16. The summed E-state index contributed by atoms with van der Waals surface area (Å²) in [6.07, 6.45) is 0.717. The van der Waals surface area contributed by atoms with Gasteiger partial charge in [-0.15, -0.1) is 0 Å². The molecule has 0 aromatic carbocycles. The Balaban J connectivity index is 1.67. The van der Waals surface area contributed by atoms with Crippen molar-refractivity contribution in [2.24, 2.45) is 0 Å². The molecule has 8 heteroatoms. The predicted octanol–water partition coefficient (Wildman–Crippen LogP) is 2.93. The molecule has 0 atom stereocenters. The van der Waals surface area contributed by atoms with E-state index in [1.807, 2.05) is 35.6 Å². The van der Waals surface area contributed by atoms with Crippen molar-refractivity contribution in [2.45, 2.75) is 32.9 Å². The minimum Gasteiger partial charge on any atom is -0.336 e. The highest BCUT2D eigenvalue weighted by molar-refractivity contribution is 7.15. The van der Waals surface area contributed by atoms with Gasteiger partial charge in [-0.3, -0.25) is 10.1 Å². The molecule has 0 bridgehead atoms. The number of aromatic nitrogens is 1. The molecule has 3 amide bonds. The van der Waals surface area contributed by atoms with Gasteiger partial charge in [0.2, 0.25) is 0 Å². The number of thiazole rings is 1. The van der Waals surface area contributed by atoms with Crippen LogP contribution in [0.15, 0.2) is 16.8 Å². The molecule has 2 aromatic heterocycles. The molecule has 3 heterocycles. The highest BCUT2D eigenvalue weighted by atomic mass is 32.1. The third-order valence-electron chi connectivity index (χ3n) is 3.43. The van der Waals surface area contributed by atoms with Gasteiger partial charge in [-0.1, -0.05) is 11.3 Å². The highest BCUT2D eigenvalue weighted by Gasteiger charge is 2.25. The fourth-order valence-corrected chi connectivity index (χ4v) is 4.04. The average molecular weight is 350 g/mol. The minimum absolute atomic E-state index is 0.0531. The van der Waals surface area contributed by atoms with Crippen LogP contribution in [0.2, 0.25) is 0 Å². The standard InChI is InChI=1S/C15H18N4O2S2/c1-9(2)16-14(21)18-15-17-11-3-5-19(7-12(11)23-15)13(20)10-4-6-22-8-10/h4,6,8-9H,3,5,7H2,1-2H3,(H2,16,17,18,21). The maximum atomic E-state index is 12.4. The summed E-state index contributed by atoms with van der Waals surface area (Å²) in [6, 6.07) is 1.67. The topological polar surface area (TPSA) is 74.3 Å². The number of anilines is 1. The van der Waals surface area contributed by atoms with Crippen LogP contribution in [-0.2, 0) is 13.0 Å². The minimum atomic E-state index is -0.252. The second-order valence-corrected chi connectivity index (χ2v) is 7.49. The van der Waals surface area contributed by atoms with Crippen molar-refractivity contribution in [1.82, 2.24) is 15.2 Å². The molecule has 0 aliphatic carbocycles. The number of urea groups is 1.